The van der Waals surface area contributed by atoms with Crippen LogP contribution in [0, 0.1) is 29.4 Å². The summed E-state index contributed by atoms with van der Waals surface area (Å²) in [6, 6.07) is 8.38. The van der Waals surface area contributed by atoms with Crippen LogP contribution >= 0.6 is 0 Å². The average Bonchev–Trinajstić information content (AvgIpc) is 3.61. The Morgan fingerprint density at radius 3 is 2.36 bits per heavy atom. The fourth-order valence-corrected chi connectivity index (χ4v) is 4.80. The summed E-state index contributed by atoms with van der Waals surface area (Å²) < 4.78 is 33.8. The molecule has 2 fully saturated rings. The van der Waals surface area contributed by atoms with Crippen molar-refractivity contribution in [3.63, 3.8) is 0 Å². The van der Waals surface area contributed by atoms with Gasteiger partial charge < -0.3 is 4.42 Å². The molecule has 140 valence electrons. The zero-order chi connectivity index (χ0) is 19.6. The third-order valence-electron chi connectivity index (χ3n) is 6.02. The zero-order valence-corrected chi connectivity index (χ0v) is 14.8. The number of hydrogen-bond donors (Lipinski definition) is 0. The third-order valence-corrected chi connectivity index (χ3v) is 6.02. The Morgan fingerprint density at radius 2 is 1.68 bits per heavy atom. The van der Waals surface area contributed by atoms with E-state index in [1.54, 1.807) is 6.07 Å². The molecular formula is C22H16F2N2O2. The van der Waals surface area contributed by atoms with Gasteiger partial charge in [0, 0.05) is 12.1 Å². The summed E-state index contributed by atoms with van der Waals surface area (Å²) >= 11 is 0. The molecule has 0 spiro atoms. The summed E-state index contributed by atoms with van der Waals surface area (Å²) in [7, 11) is 0. The second-order valence-corrected chi connectivity index (χ2v) is 7.27. The first-order chi connectivity index (χ1) is 13.6. The molecular weight excluding hydrogens is 362 g/mol. The van der Waals surface area contributed by atoms with E-state index in [2.05, 4.69) is 23.4 Å². The highest BCUT2D eigenvalue weighted by atomic mass is 19.1. The van der Waals surface area contributed by atoms with Crippen LogP contribution < -0.4 is 5.43 Å². The van der Waals surface area contributed by atoms with Crippen molar-refractivity contribution < 1.29 is 13.2 Å². The number of halogens is 2. The predicted molar refractivity (Wildman–Crippen MR) is 98.7 cm³/mol. The zero-order valence-electron chi connectivity index (χ0n) is 14.8. The molecule has 2 bridgehead atoms. The fourth-order valence-electron chi connectivity index (χ4n) is 4.80. The van der Waals surface area contributed by atoms with E-state index in [1.807, 2.05) is 0 Å². The molecule has 1 aromatic carbocycles. The van der Waals surface area contributed by atoms with Gasteiger partial charge in [-0.2, -0.15) is 5.10 Å². The molecule has 0 aliphatic heterocycles. The summed E-state index contributed by atoms with van der Waals surface area (Å²) in [6.45, 7) is 6.00. The lowest BCUT2D eigenvalue weighted by atomic mass is 9.76. The van der Waals surface area contributed by atoms with Crippen molar-refractivity contribution in [3.05, 3.63) is 94.7 Å². The van der Waals surface area contributed by atoms with Crippen LogP contribution in [0.5, 0.6) is 0 Å². The lowest BCUT2D eigenvalue weighted by Crippen LogP contribution is -2.24. The van der Waals surface area contributed by atoms with Gasteiger partial charge in [-0.25, -0.2) is 8.78 Å². The van der Waals surface area contributed by atoms with E-state index >= 15 is 0 Å². The lowest BCUT2D eigenvalue weighted by molar-refractivity contribution is 0.373. The van der Waals surface area contributed by atoms with E-state index < -0.39 is 11.6 Å². The highest BCUT2D eigenvalue weighted by Gasteiger charge is 2.79. The highest BCUT2D eigenvalue weighted by molar-refractivity contribution is 5.64. The van der Waals surface area contributed by atoms with Crippen LogP contribution in [-0.4, -0.2) is 10.2 Å². The molecule has 28 heavy (non-hydrogen) atoms. The molecule has 2 heterocycles. The lowest BCUT2D eigenvalue weighted by Gasteiger charge is -2.30. The van der Waals surface area contributed by atoms with Gasteiger partial charge in [-0.3, -0.25) is 4.79 Å². The van der Waals surface area contributed by atoms with Gasteiger partial charge in [-0.05, 0) is 47.4 Å². The second kappa shape index (κ2) is 5.92. The summed E-state index contributed by atoms with van der Waals surface area (Å²) in [6.07, 6.45) is 1.40. The summed E-state index contributed by atoms with van der Waals surface area (Å²) in [5.41, 5.74) is 1.69. The molecule has 0 N–H and O–H groups in total. The largest absolute Gasteiger partial charge is 0.468 e. The molecule has 4 nitrogen and oxygen atoms in total. The van der Waals surface area contributed by atoms with Gasteiger partial charge >= 0.3 is 0 Å². The Morgan fingerprint density at radius 1 is 0.964 bits per heavy atom. The highest BCUT2D eigenvalue weighted by Crippen LogP contribution is 2.84. The molecule has 0 amide bonds. The van der Waals surface area contributed by atoms with Crippen LogP contribution in [0.4, 0.5) is 8.78 Å². The number of hydrogen-bond acceptors (Lipinski definition) is 4. The molecule has 3 aromatic rings. The Hall–Kier alpha value is -3.15. The number of rotatable bonds is 2. The number of aromatic nitrogens is 2. The first kappa shape index (κ1) is 17.0. The van der Waals surface area contributed by atoms with Crippen LogP contribution in [-0.2, 0) is 0 Å². The molecule has 4 aliphatic rings. The van der Waals surface area contributed by atoms with Crippen molar-refractivity contribution in [2.45, 2.75) is 11.8 Å². The monoisotopic (exact) mass is 378 g/mol. The van der Waals surface area contributed by atoms with Crippen molar-refractivity contribution in [2.75, 3.05) is 0 Å². The molecule has 4 aliphatic carbocycles. The van der Waals surface area contributed by atoms with Crippen LogP contribution in [0.3, 0.4) is 0 Å². The van der Waals surface area contributed by atoms with E-state index in [0.717, 1.165) is 11.3 Å². The van der Waals surface area contributed by atoms with Crippen LogP contribution in [0.15, 0.2) is 65.0 Å². The fraction of sp³-hybridized carbons (Fsp3) is 0.227. The van der Waals surface area contributed by atoms with Gasteiger partial charge in [-0.1, -0.05) is 6.07 Å². The first-order valence-electron chi connectivity index (χ1n) is 9.06. The normalized spacial score (nSPS) is 27.7. The summed E-state index contributed by atoms with van der Waals surface area (Å²) in [5, 5.41) is 8.41. The average molecular weight is 378 g/mol. The first-order valence-corrected chi connectivity index (χ1v) is 9.06. The maximum absolute atomic E-state index is 14.1. The molecule has 2 aromatic heterocycles. The minimum Gasteiger partial charge on any atom is -0.468 e. The third kappa shape index (κ3) is 2.24. The van der Waals surface area contributed by atoms with E-state index in [9.17, 15) is 13.6 Å². The SMILES string of the molecule is C=C.O=c1ccoc(C2c3nnc(-c4c(F)cccc4F)cc3C3C4C2C34)c1. The molecule has 3 unspecified atom stereocenters. The Labute approximate surface area is 159 Å². The van der Waals surface area contributed by atoms with E-state index in [1.165, 1.54) is 36.6 Å². The van der Waals surface area contributed by atoms with Gasteiger partial charge in [0.05, 0.1) is 29.1 Å². The smallest absolute Gasteiger partial charge is 0.185 e. The summed E-state index contributed by atoms with van der Waals surface area (Å²) in [4.78, 5) is 11.7. The van der Waals surface area contributed by atoms with Gasteiger partial charge in [0.15, 0.2) is 5.43 Å². The van der Waals surface area contributed by atoms with Crippen LogP contribution in [0.1, 0.15) is 28.9 Å². The Balaban J connectivity index is 0.000000829. The van der Waals surface area contributed by atoms with Crippen molar-refractivity contribution in [3.8, 4) is 11.3 Å². The van der Waals surface area contributed by atoms with Crippen molar-refractivity contribution in [1.29, 1.82) is 0 Å². The minimum atomic E-state index is -0.653. The van der Waals surface area contributed by atoms with Crippen molar-refractivity contribution in [1.82, 2.24) is 10.2 Å². The van der Waals surface area contributed by atoms with Gasteiger partial charge in [0.25, 0.3) is 0 Å². The van der Waals surface area contributed by atoms with Gasteiger partial charge in [-0.15, -0.1) is 18.3 Å². The molecule has 6 heteroatoms. The van der Waals surface area contributed by atoms with Crippen molar-refractivity contribution in [2.24, 2.45) is 17.8 Å². The van der Waals surface area contributed by atoms with Gasteiger partial charge in [0.1, 0.15) is 17.4 Å². The quantitative estimate of drug-likeness (QED) is 0.625. The molecule has 0 radical (unpaired) electrons. The number of nitrogens with zero attached hydrogens (tertiary/aromatic N) is 2. The molecule has 2 saturated carbocycles. The maximum Gasteiger partial charge on any atom is 0.185 e. The molecule has 7 rings (SSSR count). The second-order valence-electron chi connectivity index (χ2n) is 7.27. The van der Waals surface area contributed by atoms with E-state index in [0.29, 0.717) is 29.4 Å². The van der Waals surface area contributed by atoms with Crippen LogP contribution in [0.25, 0.3) is 11.3 Å². The van der Waals surface area contributed by atoms with Crippen LogP contribution in [0.2, 0.25) is 0 Å². The van der Waals surface area contributed by atoms with Gasteiger partial charge in [0.2, 0.25) is 0 Å². The topological polar surface area (TPSA) is 56.0 Å². The maximum atomic E-state index is 14.1. The standard InChI is InChI=1S/C20H12F2N2O2.C2H4/c21-10-2-1-3-11(22)15(10)12-7-9-14-17-18(14)19(17)16(20(9)24-23-12)13-6-8(25)4-5-26-13;1-2/h1-7,14,16-19H;1-2H2. The van der Waals surface area contributed by atoms with Crippen molar-refractivity contribution >= 4 is 0 Å². The molecule has 0 saturated heterocycles. The predicted octanol–water partition coefficient (Wildman–Crippen LogP) is 4.28. The Kier molecular flexibility index (Phi) is 3.59. The number of benzene rings is 1. The van der Waals surface area contributed by atoms with E-state index in [-0.39, 0.29) is 22.6 Å². The summed E-state index contributed by atoms with van der Waals surface area (Å²) in [5.74, 6) is 1.12. The minimum absolute atomic E-state index is 0.106. The molecule has 3 atom stereocenters. The van der Waals surface area contributed by atoms with E-state index in [4.69, 9.17) is 4.42 Å². The Bertz CT molecular complexity index is 1130.